The summed E-state index contributed by atoms with van der Waals surface area (Å²) in [5.41, 5.74) is 2.26. The molecule has 0 aliphatic rings. The first-order valence-electron chi connectivity index (χ1n) is 8.39. The number of aliphatic hydroxyl groups is 1. The van der Waals surface area contributed by atoms with Crippen LogP contribution in [0.5, 0.6) is 5.75 Å². The summed E-state index contributed by atoms with van der Waals surface area (Å²) in [5, 5.41) is 24.0. The molecule has 140 valence electrons. The molecule has 3 N–H and O–H groups in total. The van der Waals surface area contributed by atoms with Gasteiger partial charge in [-0.3, -0.25) is 0 Å². The van der Waals surface area contributed by atoms with Crippen LogP contribution in [0.1, 0.15) is 24.2 Å². The zero-order chi connectivity index (χ0) is 19.4. The van der Waals surface area contributed by atoms with E-state index < -0.39 is 6.10 Å². The number of phenols is 1. The molecule has 27 heavy (non-hydrogen) atoms. The van der Waals surface area contributed by atoms with Crippen LogP contribution < -0.4 is 5.32 Å². The van der Waals surface area contributed by atoms with Crippen molar-refractivity contribution in [2.24, 2.45) is 0 Å². The Kier molecular flexibility index (Phi) is 6.55. The molecular formula is C21H19Cl2NO2S. The van der Waals surface area contributed by atoms with Crippen LogP contribution in [0.3, 0.4) is 0 Å². The molecule has 6 heteroatoms. The van der Waals surface area contributed by atoms with Crippen molar-refractivity contribution in [2.75, 3.05) is 5.32 Å². The van der Waals surface area contributed by atoms with Gasteiger partial charge in [-0.2, -0.15) is 0 Å². The highest BCUT2D eigenvalue weighted by atomic mass is 35.5. The van der Waals surface area contributed by atoms with Crippen molar-refractivity contribution in [1.29, 1.82) is 0 Å². The van der Waals surface area contributed by atoms with E-state index in [2.05, 4.69) is 17.4 Å². The zero-order valence-corrected chi connectivity index (χ0v) is 16.9. The Balaban J connectivity index is 1.78. The zero-order valence-electron chi connectivity index (χ0n) is 14.6. The number of rotatable bonds is 6. The maximum atomic E-state index is 9.97. The first-order valence-corrected chi connectivity index (χ1v) is 9.97. The Bertz CT molecular complexity index is 930. The predicted molar refractivity (Wildman–Crippen MR) is 113 cm³/mol. The summed E-state index contributed by atoms with van der Waals surface area (Å²) in [5.74, 6) is -0.0871. The van der Waals surface area contributed by atoms with Gasteiger partial charge in [0.1, 0.15) is 5.75 Å². The maximum absolute atomic E-state index is 9.97. The van der Waals surface area contributed by atoms with Gasteiger partial charge >= 0.3 is 0 Å². The molecule has 0 aliphatic heterocycles. The van der Waals surface area contributed by atoms with Gasteiger partial charge in [0.15, 0.2) is 0 Å². The fourth-order valence-corrected chi connectivity index (χ4v) is 3.91. The van der Waals surface area contributed by atoms with E-state index in [4.69, 9.17) is 23.2 Å². The minimum absolute atomic E-state index is 0.0871. The van der Waals surface area contributed by atoms with E-state index in [0.717, 1.165) is 21.0 Å². The Morgan fingerprint density at radius 1 is 1.04 bits per heavy atom. The molecule has 0 saturated carbocycles. The monoisotopic (exact) mass is 419 g/mol. The predicted octanol–water partition coefficient (Wildman–Crippen LogP) is 6.52. The van der Waals surface area contributed by atoms with Crippen LogP contribution in [-0.2, 0) is 6.54 Å². The Hall–Kier alpha value is -1.85. The molecule has 1 unspecified atom stereocenters. The van der Waals surface area contributed by atoms with Crippen LogP contribution in [0.4, 0.5) is 5.69 Å². The SMILES string of the molecule is CC(O)c1cc(NCc2ccccc2Sc2ccc(Cl)cc2)cc(Cl)c1O. The third-order valence-electron chi connectivity index (χ3n) is 4.04. The number of aliphatic hydroxyl groups excluding tert-OH is 1. The third-order valence-corrected chi connectivity index (χ3v) is 5.71. The summed E-state index contributed by atoms with van der Waals surface area (Å²) >= 11 is 13.7. The highest BCUT2D eigenvalue weighted by molar-refractivity contribution is 7.99. The molecule has 0 aliphatic carbocycles. The summed E-state index contributed by atoms with van der Waals surface area (Å²) in [7, 11) is 0. The lowest BCUT2D eigenvalue weighted by Gasteiger charge is -2.15. The van der Waals surface area contributed by atoms with Crippen molar-refractivity contribution in [1.82, 2.24) is 0 Å². The molecule has 0 saturated heterocycles. The summed E-state index contributed by atoms with van der Waals surface area (Å²) in [4.78, 5) is 2.24. The average molecular weight is 420 g/mol. The molecule has 3 aromatic rings. The molecule has 0 aromatic heterocycles. The molecule has 0 spiro atoms. The lowest BCUT2D eigenvalue weighted by atomic mass is 10.1. The molecule has 3 aromatic carbocycles. The van der Waals surface area contributed by atoms with E-state index in [-0.39, 0.29) is 10.8 Å². The average Bonchev–Trinajstić information content (AvgIpc) is 2.65. The van der Waals surface area contributed by atoms with Crippen molar-refractivity contribution in [3.05, 3.63) is 81.8 Å². The van der Waals surface area contributed by atoms with Gasteiger partial charge < -0.3 is 15.5 Å². The number of aromatic hydroxyl groups is 1. The first-order chi connectivity index (χ1) is 12.9. The fourth-order valence-electron chi connectivity index (χ4n) is 2.62. The van der Waals surface area contributed by atoms with Crippen molar-refractivity contribution >= 4 is 40.7 Å². The van der Waals surface area contributed by atoms with Gasteiger partial charge in [0.2, 0.25) is 0 Å². The molecule has 1 atom stereocenters. The Morgan fingerprint density at radius 2 is 1.74 bits per heavy atom. The van der Waals surface area contributed by atoms with E-state index >= 15 is 0 Å². The molecule has 0 heterocycles. The number of hydrogen-bond acceptors (Lipinski definition) is 4. The second kappa shape index (κ2) is 8.89. The Morgan fingerprint density at radius 3 is 2.44 bits per heavy atom. The normalized spacial score (nSPS) is 12.0. The van der Waals surface area contributed by atoms with E-state index in [9.17, 15) is 10.2 Å². The second-order valence-corrected chi connectivity index (χ2v) is 8.05. The highest BCUT2D eigenvalue weighted by Crippen LogP contribution is 2.36. The highest BCUT2D eigenvalue weighted by Gasteiger charge is 2.13. The van der Waals surface area contributed by atoms with Gasteiger partial charge in [-0.1, -0.05) is 53.2 Å². The van der Waals surface area contributed by atoms with Gasteiger partial charge in [0.25, 0.3) is 0 Å². The van der Waals surface area contributed by atoms with Crippen molar-refractivity contribution in [3.63, 3.8) is 0 Å². The lowest BCUT2D eigenvalue weighted by molar-refractivity contribution is 0.195. The second-order valence-electron chi connectivity index (χ2n) is 6.09. The number of phenolic OH excluding ortho intramolecular Hbond substituents is 1. The Labute approximate surface area is 173 Å². The molecule has 0 fully saturated rings. The van der Waals surface area contributed by atoms with Gasteiger partial charge in [0.05, 0.1) is 11.1 Å². The molecule has 3 rings (SSSR count). The topological polar surface area (TPSA) is 52.5 Å². The summed E-state index contributed by atoms with van der Waals surface area (Å²) < 4.78 is 0. The molecule has 0 bridgehead atoms. The van der Waals surface area contributed by atoms with E-state index in [1.165, 1.54) is 0 Å². The van der Waals surface area contributed by atoms with Crippen LogP contribution in [0.15, 0.2) is 70.5 Å². The molecular weight excluding hydrogens is 401 g/mol. The maximum Gasteiger partial charge on any atom is 0.140 e. The van der Waals surface area contributed by atoms with Gasteiger partial charge in [-0.25, -0.2) is 0 Å². The lowest BCUT2D eigenvalue weighted by Crippen LogP contribution is -2.02. The van der Waals surface area contributed by atoms with Gasteiger partial charge in [0, 0.05) is 32.6 Å². The van der Waals surface area contributed by atoms with Crippen molar-refractivity contribution in [3.8, 4) is 5.75 Å². The van der Waals surface area contributed by atoms with Gasteiger partial charge in [-0.05, 0) is 55.0 Å². The quantitative estimate of drug-likeness (QED) is 0.398. The van der Waals surface area contributed by atoms with Crippen LogP contribution in [0.2, 0.25) is 10.0 Å². The number of halogens is 2. The number of anilines is 1. The third kappa shape index (κ3) is 5.11. The minimum Gasteiger partial charge on any atom is -0.506 e. The largest absolute Gasteiger partial charge is 0.506 e. The van der Waals surface area contributed by atoms with Gasteiger partial charge in [-0.15, -0.1) is 0 Å². The molecule has 0 amide bonds. The number of benzene rings is 3. The summed E-state index contributed by atoms with van der Waals surface area (Å²) in [6, 6.07) is 19.2. The number of hydrogen-bond donors (Lipinski definition) is 3. The van der Waals surface area contributed by atoms with Crippen LogP contribution >= 0.6 is 35.0 Å². The van der Waals surface area contributed by atoms with Crippen LogP contribution in [0.25, 0.3) is 0 Å². The fraction of sp³-hybridized carbons (Fsp3) is 0.143. The smallest absolute Gasteiger partial charge is 0.140 e. The molecule has 0 radical (unpaired) electrons. The summed E-state index contributed by atoms with van der Waals surface area (Å²) in [6.07, 6.45) is -0.808. The number of nitrogens with one attached hydrogen (secondary N) is 1. The minimum atomic E-state index is -0.808. The van der Waals surface area contributed by atoms with E-state index in [0.29, 0.717) is 17.1 Å². The standard InChI is InChI=1S/C21H19Cl2NO2S/c1-13(25)18-10-16(11-19(23)21(18)26)24-12-14-4-2-3-5-20(14)27-17-8-6-15(22)7-9-17/h2-11,13,24-26H,12H2,1H3. The van der Waals surface area contributed by atoms with Crippen molar-refractivity contribution in [2.45, 2.75) is 29.4 Å². The summed E-state index contributed by atoms with van der Waals surface area (Å²) in [6.45, 7) is 2.17. The van der Waals surface area contributed by atoms with Crippen LogP contribution in [0, 0.1) is 0 Å². The van der Waals surface area contributed by atoms with Crippen molar-refractivity contribution < 1.29 is 10.2 Å². The van der Waals surface area contributed by atoms with E-state index in [1.54, 1.807) is 30.8 Å². The van der Waals surface area contributed by atoms with Crippen LogP contribution in [-0.4, -0.2) is 10.2 Å². The molecule has 3 nitrogen and oxygen atoms in total. The first kappa shape index (κ1) is 19.9. The van der Waals surface area contributed by atoms with E-state index in [1.807, 2.05) is 36.4 Å².